The molecule has 1 fully saturated rings. The van der Waals surface area contributed by atoms with E-state index in [1.54, 1.807) is 12.5 Å². The van der Waals surface area contributed by atoms with Gasteiger partial charge in [-0.3, -0.25) is 0 Å². The number of rotatable bonds is 2. The second-order valence-electron chi connectivity index (χ2n) is 3.14. The van der Waals surface area contributed by atoms with E-state index in [2.05, 4.69) is 10.3 Å². The Kier molecular flexibility index (Phi) is 1.92. The highest BCUT2D eigenvalue weighted by Gasteiger charge is 2.22. The van der Waals surface area contributed by atoms with Gasteiger partial charge in [-0.2, -0.15) is 0 Å². The van der Waals surface area contributed by atoms with Gasteiger partial charge in [-0.1, -0.05) is 0 Å². The molecule has 1 saturated heterocycles. The molecule has 1 unspecified atom stereocenters. The summed E-state index contributed by atoms with van der Waals surface area (Å²) in [5.74, 6) is 0. The number of nitrogens with zero attached hydrogens (tertiary/aromatic N) is 2. The first-order chi connectivity index (χ1) is 6.25. The van der Waals surface area contributed by atoms with E-state index in [-0.39, 0.29) is 12.1 Å². The summed E-state index contributed by atoms with van der Waals surface area (Å²) in [4.78, 5) is 14.7. The predicted molar refractivity (Wildman–Crippen MR) is 45.2 cm³/mol. The van der Waals surface area contributed by atoms with Crippen LogP contribution in [0.15, 0.2) is 12.5 Å². The number of aryl methyl sites for hydroxylation is 1. The molecule has 5 heteroatoms. The Labute approximate surface area is 75.7 Å². The summed E-state index contributed by atoms with van der Waals surface area (Å²) in [6, 6.07) is 0.0860. The van der Waals surface area contributed by atoms with Gasteiger partial charge in [-0.25, -0.2) is 9.78 Å². The molecule has 1 atom stereocenters. The van der Waals surface area contributed by atoms with Crippen molar-refractivity contribution in [1.82, 2.24) is 14.9 Å². The number of alkyl carbamates (subject to hydrolysis) is 1. The summed E-state index contributed by atoms with van der Waals surface area (Å²) in [6.45, 7) is 0.448. The zero-order chi connectivity index (χ0) is 9.26. The molecule has 0 aliphatic carbocycles. The molecule has 0 aromatic carbocycles. The largest absolute Gasteiger partial charge is 0.447 e. The van der Waals surface area contributed by atoms with Crippen LogP contribution >= 0.6 is 0 Å². The number of hydrogen-bond donors (Lipinski definition) is 1. The first-order valence-corrected chi connectivity index (χ1v) is 4.14. The number of amides is 1. The highest BCUT2D eigenvalue weighted by Crippen LogP contribution is 2.06. The van der Waals surface area contributed by atoms with E-state index in [9.17, 15) is 4.79 Å². The number of hydrogen-bond acceptors (Lipinski definition) is 3. The number of ether oxygens (including phenoxy) is 1. The Morgan fingerprint density at radius 1 is 1.85 bits per heavy atom. The van der Waals surface area contributed by atoms with Crippen molar-refractivity contribution in [3.63, 3.8) is 0 Å². The molecule has 5 nitrogen and oxygen atoms in total. The summed E-state index contributed by atoms with van der Waals surface area (Å²) in [6.07, 6.45) is 3.98. The molecule has 1 aromatic rings. The molecule has 1 amide bonds. The minimum absolute atomic E-state index is 0.0860. The summed E-state index contributed by atoms with van der Waals surface area (Å²) < 4.78 is 6.71. The van der Waals surface area contributed by atoms with Gasteiger partial charge in [0, 0.05) is 25.4 Å². The third-order valence-corrected chi connectivity index (χ3v) is 2.11. The maximum absolute atomic E-state index is 10.7. The van der Waals surface area contributed by atoms with Crippen molar-refractivity contribution in [2.24, 2.45) is 7.05 Å². The Morgan fingerprint density at radius 2 is 2.69 bits per heavy atom. The van der Waals surface area contributed by atoms with E-state index in [1.165, 1.54) is 0 Å². The number of carbonyl (C=O) groups is 1. The average Bonchev–Trinajstić information content (AvgIpc) is 2.64. The molecule has 13 heavy (non-hydrogen) atoms. The van der Waals surface area contributed by atoms with Gasteiger partial charge in [0.05, 0.1) is 12.4 Å². The minimum atomic E-state index is -0.327. The van der Waals surface area contributed by atoms with E-state index < -0.39 is 0 Å². The monoisotopic (exact) mass is 181 g/mol. The van der Waals surface area contributed by atoms with Crippen molar-refractivity contribution in [2.45, 2.75) is 12.5 Å². The van der Waals surface area contributed by atoms with Crippen LogP contribution in [0.1, 0.15) is 5.69 Å². The fraction of sp³-hybridized carbons (Fsp3) is 0.500. The first kappa shape index (κ1) is 8.10. The highest BCUT2D eigenvalue weighted by molar-refractivity contribution is 5.69. The normalized spacial score (nSPS) is 21.3. The SMILES string of the molecule is Cn1cncc1CC1COC(=O)N1. The van der Waals surface area contributed by atoms with Crippen molar-refractivity contribution in [1.29, 1.82) is 0 Å². The van der Waals surface area contributed by atoms with Crippen LogP contribution in [0.25, 0.3) is 0 Å². The summed E-state index contributed by atoms with van der Waals surface area (Å²) in [5.41, 5.74) is 1.09. The lowest BCUT2D eigenvalue weighted by atomic mass is 10.2. The minimum Gasteiger partial charge on any atom is -0.447 e. The molecular formula is C8H11N3O2. The summed E-state index contributed by atoms with van der Waals surface area (Å²) in [7, 11) is 1.93. The molecule has 0 bridgehead atoms. The Hall–Kier alpha value is -1.52. The van der Waals surface area contributed by atoms with E-state index in [0.717, 1.165) is 12.1 Å². The smallest absolute Gasteiger partial charge is 0.407 e. The molecule has 2 heterocycles. The van der Waals surface area contributed by atoms with Crippen molar-refractivity contribution in [3.8, 4) is 0 Å². The Morgan fingerprint density at radius 3 is 3.23 bits per heavy atom. The predicted octanol–water partition coefficient (Wildman–Crippen LogP) is 0.0710. The Balaban J connectivity index is 1.99. The number of carbonyl (C=O) groups excluding carboxylic acids is 1. The lowest BCUT2D eigenvalue weighted by Crippen LogP contribution is -2.28. The van der Waals surface area contributed by atoms with Crippen molar-refractivity contribution in [3.05, 3.63) is 18.2 Å². The first-order valence-electron chi connectivity index (χ1n) is 4.14. The lowest BCUT2D eigenvalue weighted by molar-refractivity contribution is 0.176. The molecule has 1 aliphatic rings. The fourth-order valence-electron chi connectivity index (χ4n) is 1.37. The summed E-state index contributed by atoms with van der Waals surface area (Å²) >= 11 is 0. The van der Waals surface area contributed by atoms with Crippen LogP contribution in [0, 0.1) is 0 Å². The van der Waals surface area contributed by atoms with E-state index in [0.29, 0.717) is 6.61 Å². The van der Waals surface area contributed by atoms with Crippen molar-refractivity contribution in [2.75, 3.05) is 6.61 Å². The third kappa shape index (κ3) is 1.63. The molecule has 70 valence electrons. The van der Waals surface area contributed by atoms with Gasteiger partial charge >= 0.3 is 6.09 Å². The van der Waals surface area contributed by atoms with Crippen molar-refractivity contribution >= 4 is 6.09 Å². The molecule has 0 spiro atoms. The molecule has 1 N–H and O–H groups in total. The Bertz CT molecular complexity index is 321. The molecule has 2 rings (SSSR count). The number of aromatic nitrogens is 2. The zero-order valence-corrected chi connectivity index (χ0v) is 7.36. The van der Waals surface area contributed by atoms with Gasteiger partial charge in [0.2, 0.25) is 0 Å². The standard InChI is InChI=1S/C8H11N3O2/c1-11-5-9-3-7(11)2-6-4-13-8(12)10-6/h3,5-6H,2,4H2,1H3,(H,10,12). The van der Waals surface area contributed by atoms with Gasteiger partial charge in [0.15, 0.2) is 0 Å². The maximum atomic E-state index is 10.7. The quantitative estimate of drug-likeness (QED) is 0.702. The second kappa shape index (κ2) is 3.08. The maximum Gasteiger partial charge on any atom is 0.407 e. The molecule has 1 aliphatic heterocycles. The molecular weight excluding hydrogens is 170 g/mol. The van der Waals surface area contributed by atoms with Gasteiger partial charge in [0.1, 0.15) is 6.61 Å². The second-order valence-corrected chi connectivity index (χ2v) is 3.14. The lowest BCUT2D eigenvalue weighted by Gasteiger charge is -2.06. The third-order valence-electron chi connectivity index (χ3n) is 2.11. The van der Waals surface area contributed by atoms with Gasteiger partial charge in [0.25, 0.3) is 0 Å². The van der Waals surface area contributed by atoms with E-state index in [1.807, 2.05) is 11.6 Å². The molecule has 0 saturated carbocycles. The fourth-order valence-corrected chi connectivity index (χ4v) is 1.37. The van der Waals surface area contributed by atoms with Gasteiger partial charge in [-0.15, -0.1) is 0 Å². The van der Waals surface area contributed by atoms with Gasteiger partial charge < -0.3 is 14.6 Å². The van der Waals surface area contributed by atoms with Crippen LogP contribution in [0.3, 0.4) is 0 Å². The number of imidazole rings is 1. The highest BCUT2D eigenvalue weighted by atomic mass is 16.6. The number of cyclic esters (lactones) is 1. The van der Waals surface area contributed by atoms with Crippen LogP contribution in [-0.2, 0) is 18.2 Å². The van der Waals surface area contributed by atoms with Crippen LogP contribution in [-0.4, -0.2) is 28.3 Å². The number of nitrogens with one attached hydrogen (secondary N) is 1. The molecule has 0 radical (unpaired) electrons. The van der Waals surface area contributed by atoms with Crippen LogP contribution in [0.5, 0.6) is 0 Å². The topological polar surface area (TPSA) is 56.2 Å². The zero-order valence-electron chi connectivity index (χ0n) is 7.36. The average molecular weight is 181 g/mol. The van der Waals surface area contributed by atoms with Crippen LogP contribution in [0.4, 0.5) is 4.79 Å². The van der Waals surface area contributed by atoms with E-state index >= 15 is 0 Å². The van der Waals surface area contributed by atoms with Gasteiger partial charge in [-0.05, 0) is 0 Å². The summed E-state index contributed by atoms with van der Waals surface area (Å²) in [5, 5.41) is 2.72. The van der Waals surface area contributed by atoms with Crippen LogP contribution in [0.2, 0.25) is 0 Å². The molecule has 1 aromatic heterocycles. The van der Waals surface area contributed by atoms with Crippen LogP contribution < -0.4 is 5.32 Å². The van der Waals surface area contributed by atoms with Crippen molar-refractivity contribution < 1.29 is 9.53 Å². The van der Waals surface area contributed by atoms with E-state index in [4.69, 9.17) is 4.74 Å².